The molecule has 4 N–H and O–H groups in total. The van der Waals surface area contributed by atoms with Crippen molar-refractivity contribution < 1.29 is 8.42 Å². The Labute approximate surface area is 95.5 Å². The van der Waals surface area contributed by atoms with E-state index in [9.17, 15) is 8.42 Å². The number of nitrogen functional groups attached to an aromatic ring is 1. The Hall–Kier alpha value is -0.820. The zero-order chi connectivity index (χ0) is 10.6. The summed E-state index contributed by atoms with van der Waals surface area (Å²) >= 11 is 0. The molecule has 0 amide bonds. The number of nitrogens with one attached hydrogen (secondary N) is 2. The lowest BCUT2D eigenvalue weighted by atomic mass is 10.2. The van der Waals surface area contributed by atoms with Gasteiger partial charge in [0, 0.05) is 12.2 Å². The second-order valence-corrected chi connectivity index (χ2v) is 4.77. The molecule has 0 atom stereocenters. The van der Waals surface area contributed by atoms with Crippen molar-refractivity contribution in [3.8, 4) is 0 Å². The molecule has 0 aliphatic carbocycles. The molecule has 0 radical (unpaired) electrons. The molecule has 0 spiro atoms. The van der Waals surface area contributed by atoms with E-state index in [1.807, 2.05) is 0 Å². The third-order valence-corrected chi connectivity index (χ3v) is 2.33. The van der Waals surface area contributed by atoms with Crippen molar-refractivity contribution in [3.05, 3.63) is 29.8 Å². The molecule has 0 heterocycles. The molecule has 0 aromatic heterocycles. The smallest absolute Gasteiger partial charge is 0.209 e. The van der Waals surface area contributed by atoms with E-state index >= 15 is 0 Å². The van der Waals surface area contributed by atoms with Gasteiger partial charge in [-0.3, -0.25) is 5.84 Å². The number of sulfonamides is 1. The summed E-state index contributed by atoms with van der Waals surface area (Å²) in [5.74, 6) is 5.18. The van der Waals surface area contributed by atoms with Crippen LogP contribution in [0.3, 0.4) is 0 Å². The van der Waals surface area contributed by atoms with Crippen molar-refractivity contribution in [2.45, 2.75) is 6.54 Å². The first kappa shape index (κ1) is 14.2. The molecule has 0 saturated carbocycles. The first-order valence-corrected chi connectivity index (χ1v) is 5.90. The van der Waals surface area contributed by atoms with Gasteiger partial charge < -0.3 is 5.43 Å². The topological polar surface area (TPSA) is 84.2 Å². The van der Waals surface area contributed by atoms with Gasteiger partial charge in [-0.25, -0.2) is 13.1 Å². The Morgan fingerprint density at radius 2 is 1.80 bits per heavy atom. The van der Waals surface area contributed by atoms with Crippen molar-refractivity contribution in [3.63, 3.8) is 0 Å². The van der Waals surface area contributed by atoms with Crippen molar-refractivity contribution >= 4 is 28.1 Å². The molecule has 86 valence electrons. The molecule has 0 saturated heterocycles. The Bertz CT molecular complexity index is 391. The molecule has 0 bridgehead atoms. The summed E-state index contributed by atoms with van der Waals surface area (Å²) in [6.45, 7) is 0.295. The van der Waals surface area contributed by atoms with Gasteiger partial charge in [0.2, 0.25) is 10.0 Å². The van der Waals surface area contributed by atoms with Gasteiger partial charge in [0.05, 0.1) is 6.26 Å². The maximum atomic E-state index is 10.8. The van der Waals surface area contributed by atoms with Crippen molar-refractivity contribution in [1.29, 1.82) is 0 Å². The summed E-state index contributed by atoms with van der Waals surface area (Å²) in [4.78, 5) is 0. The van der Waals surface area contributed by atoms with Crippen LogP contribution in [0.4, 0.5) is 5.69 Å². The highest BCUT2D eigenvalue weighted by molar-refractivity contribution is 7.88. The number of benzene rings is 1. The van der Waals surface area contributed by atoms with Gasteiger partial charge in [-0.2, -0.15) is 0 Å². The van der Waals surface area contributed by atoms with Crippen LogP contribution in [0.1, 0.15) is 5.56 Å². The zero-order valence-corrected chi connectivity index (χ0v) is 9.86. The average molecular weight is 252 g/mol. The van der Waals surface area contributed by atoms with Gasteiger partial charge in [0.25, 0.3) is 0 Å². The zero-order valence-electron chi connectivity index (χ0n) is 8.23. The summed E-state index contributed by atoms with van der Waals surface area (Å²) in [5, 5.41) is 0. The Morgan fingerprint density at radius 3 is 2.20 bits per heavy atom. The predicted octanol–water partition coefficient (Wildman–Crippen LogP) is 0.443. The average Bonchev–Trinajstić information content (AvgIpc) is 2.14. The summed E-state index contributed by atoms with van der Waals surface area (Å²) in [6.07, 6.45) is 1.13. The molecule has 5 nitrogen and oxygen atoms in total. The van der Waals surface area contributed by atoms with Gasteiger partial charge in [-0.1, -0.05) is 12.1 Å². The maximum absolute atomic E-state index is 10.8. The minimum absolute atomic E-state index is 0. The number of rotatable bonds is 4. The summed E-state index contributed by atoms with van der Waals surface area (Å²) in [7, 11) is -3.13. The standard InChI is InChI=1S/C8H13N3O2S.ClH/c1-14(12,13)10-6-7-2-4-8(11-9)5-3-7;/h2-5,10-11H,6,9H2,1H3;1H. The van der Waals surface area contributed by atoms with Crippen LogP contribution >= 0.6 is 12.4 Å². The third kappa shape index (κ3) is 5.58. The van der Waals surface area contributed by atoms with Crippen LogP contribution in [-0.4, -0.2) is 14.7 Å². The fraction of sp³-hybridized carbons (Fsp3) is 0.250. The fourth-order valence-electron chi connectivity index (χ4n) is 0.933. The molecule has 1 aromatic rings. The highest BCUT2D eigenvalue weighted by atomic mass is 35.5. The van der Waals surface area contributed by atoms with E-state index in [0.717, 1.165) is 17.5 Å². The van der Waals surface area contributed by atoms with E-state index in [4.69, 9.17) is 5.84 Å². The van der Waals surface area contributed by atoms with Gasteiger partial charge in [0.1, 0.15) is 0 Å². The lowest BCUT2D eigenvalue weighted by molar-refractivity contribution is 0.587. The quantitative estimate of drug-likeness (QED) is 0.536. The normalized spacial score (nSPS) is 10.5. The highest BCUT2D eigenvalue weighted by Gasteiger charge is 2.00. The minimum Gasteiger partial charge on any atom is -0.324 e. The fourth-order valence-corrected chi connectivity index (χ4v) is 1.36. The van der Waals surface area contributed by atoms with Crippen molar-refractivity contribution in [2.75, 3.05) is 11.7 Å². The number of halogens is 1. The molecular weight excluding hydrogens is 238 g/mol. The lowest BCUT2D eigenvalue weighted by Crippen LogP contribution is -2.21. The molecule has 1 aromatic carbocycles. The Morgan fingerprint density at radius 1 is 1.27 bits per heavy atom. The largest absolute Gasteiger partial charge is 0.324 e. The van der Waals surface area contributed by atoms with Crippen LogP contribution in [0.2, 0.25) is 0 Å². The van der Waals surface area contributed by atoms with Gasteiger partial charge in [0.15, 0.2) is 0 Å². The molecule has 7 heteroatoms. The minimum atomic E-state index is -3.13. The second kappa shape index (κ2) is 5.92. The summed E-state index contributed by atoms with van der Waals surface area (Å²) in [5.41, 5.74) is 4.16. The number of hydrogen-bond acceptors (Lipinski definition) is 4. The van der Waals surface area contributed by atoms with E-state index in [1.54, 1.807) is 24.3 Å². The van der Waals surface area contributed by atoms with Gasteiger partial charge in [-0.05, 0) is 17.7 Å². The van der Waals surface area contributed by atoms with Crippen molar-refractivity contribution in [2.24, 2.45) is 5.84 Å². The Kier molecular flexibility index (Phi) is 5.59. The third-order valence-electron chi connectivity index (χ3n) is 1.66. The molecule has 1 rings (SSSR count). The van der Waals surface area contributed by atoms with Crippen LogP contribution in [-0.2, 0) is 16.6 Å². The highest BCUT2D eigenvalue weighted by Crippen LogP contribution is 2.07. The molecule has 0 aliphatic heterocycles. The monoisotopic (exact) mass is 251 g/mol. The summed E-state index contributed by atoms with van der Waals surface area (Å²) < 4.78 is 24.0. The molecule has 0 fully saturated rings. The van der Waals surface area contributed by atoms with Gasteiger partial charge >= 0.3 is 0 Å². The maximum Gasteiger partial charge on any atom is 0.209 e. The van der Waals surface area contributed by atoms with Crippen LogP contribution in [0.25, 0.3) is 0 Å². The van der Waals surface area contributed by atoms with Crippen LogP contribution in [0.15, 0.2) is 24.3 Å². The van der Waals surface area contributed by atoms with E-state index in [-0.39, 0.29) is 12.4 Å². The van der Waals surface area contributed by atoms with E-state index in [1.165, 1.54) is 0 Å². The first-order valence-electron chi connectivity index (χ1n) is 4.01. The number of hydrogen-bond donors (Lipinski definition) is 3. The van der Waals surface area contributed by atoms with E-state index < -0.39 is 10.0 Å². The first-order chi connectivity index (χ1) is 6.51. The molecule has 0 unspecified atom stereocenters. The SMILES string of the molecule is CS(=O)(=O)NCc1ccc(NN)cc1.Cl. The Balaban J connectivity index is 0.00000196. The van der Waals surface area contributed by atoms with Crippen LogP contribution in [0.5, 0.6) is 0 Å². The number of anilines is 1. The van der Waals surface area contributed by atoms with Crippen LogP contribution < -0.4 is 16.0 Å². The van der Waals surface area contributed by atoms with Crippen molar-refractivity contribution in [1.82, 2.24) is 4.72 Å². The van der Waals surface area contributed by atoms with E-state index in [2.05, 4.69) is 10.1 Å². The van der Waals surface area contributed by atoms with E-state index in [0.29, 0.717) is 6.54 Å². The molecule has 15 heavy (non-hydrogen) atoms. The number of nitrogens with two attached hydrogens (primary N) is 1. The van der Waals surface area contributed by atoms with Crippen LogP contribution in [0, 0.1) is 0 Å². The molecule has 0 aliphatic rings. The second-order valence-electron chi connectivity index (χ2n) is 2.93. The molecular formula is C8H14ClN3O2S. The van der Waals surface area contributed by atoms with Gasteiger partial charge in [-0.15, -0.1) is 12.4 Å². The number of hydrazine groups is 1. The summed E-state index contributed by atoms with van der Waals surface area (Å²) in [6, 6.07) is 7.15. The lowest BCUT2D eigenvalue weighted by Gasteiger charge is -2.03. The predicted molar refractivity (Wildman–Crippen MR) is 63.2 cm³/mol.